The molecule has 3 rings (SSSR count). The second-order valence-corrected chi connectivity index (χ2v) is 6.36. The SMILES string of the molecule is Cc1sc(C2CCCN2)nc1C1CCCC1. The fourth-order valence-corrected chi connectivity index (χ4v) is 4.17. The first-order valence-electron chi connectivity index (χ1n) is 6.55. The van der Waals surface area contributed by atoms with Gasteiger partial charge in [-0.05, 0) is 39.2 Å². The Morgan fingerprint density at radius 3 is 2.69 bits per heavy atom. The molecule has 1 aliphatic carbocycles. The first-order chi connectivity index (χ1) is 7.84. The Kier molecular flexibility index (Phi) is 2.99. The predicted octanol–water partition coefficient (Wildman–Crippen LogP) is 3.53. The fraction of sp³-hybridized carbons (Fsp3) is 0.769. The lowest BCUT2D eigenvalue weighted by Gasteiger charge is -2.07. The number of thiazole rings is 1. The molecule has 3 heteroatoms. The number of nitrogens with zero attached hydrogens (tertiary/aromatic N) is 1. The Labute approximate surface area is 101 Å². The molecule has 16 heavy (non-hydrogen) atoms. The number of aromatic nitrogens is 1. The quantitative estimate of drug-likeness (QED) is 0.849. The van der Waals surface area contributed by atoms with E-state index in [2.05, 4.69) is 12.2 Å². The van der Waals surface area contributed by atoms with E-state index in [0.717, 1.165) is 5.92 Å². The van der Waals surface area contributed by atoms with Gasteiger partial charge >= 0.3 is 0 Å². The van der Waals surface area contributed by atoms with Crippen LogP contribution in [0.15, 0.2) is 0 Å². The molecule has 0 spiro atoms. The van der Waals surface area contributed by atoms with Crippen LogP contribution in [0.1, 0.15) is 66.1 Å². The molecule has 1 aromatic rings. The van der Waals surface area contributed by atoms with E-state index in [-0.39, 0.29) is 0 Å². The summed E-state index contributed by atoms with van der Waals surface area (Å²) in [4.78, 5) is 6.40. The van der Waals surface area contributed by atoms with Gasteiger partial charge in [0.25, 0.3) is 0 Å². The van der Waals surface area contributed by atoms with Gasteiger partial charge in [0.2, 0.25) is 0 Å². The Bertz CT molecular complexity index is 360. The lowest BCUT2D eigenvalue weighted by molar-refractivity contribution is 0.629. The van der Waals surface area contributed by atoms with Crippen molar-refractivity contribution in [3.8, 4) is 0 Å². The molecule has 0 radical (unpaired) electrons. The Morgan fingerprint density at radius 1 is 1.19 bits per heavy atom. The van der Waals surface area contributed by atoms with Crippen molar-refractivity contribution in [1.29, 1.82) is 0 Å². The van der Waals surface area contributed by atoms with Crippen molar-refractivity contribution in [2.45, 2.75) is 57.4 Å². The van der Waals surface area contributed by atoms with E-state index in [0.29, 0.717) is 6.04 Å². The number of hydrogen-bond donors (Lipinski definition) is 1. The first kappa shape index (κ1) is 10.7. The minimum atomic E-state index is 0.554. The molecule has 1 saturated heterocycles. The van der Waals surface area contributed by atoms with Crippen molar-refractivity contribution in [2.24, 2.45) is 0 Å². The molecule has 1 atom stereocenters. The van der Waals surface area contributed by atoms with Crippen LogP contribution in [-0.4, -0.2) is 11.5 Å². The largest absolute Gasteiger partial charge is 0.308 e. The van der Waals surface area contributed by atoms with Crippen LogP contribution in [0.2, 0.25) is 0 Å². The highest BCUT2D eigenvalue weighted by atomic mass is 32.1. The predicted molar refractivity (Wildman–Crippen MR) is 68.0 cm³/mol. The van der Waals surface area contributed by atoms with E-state index < -0.39 is 0 Å². The maximum absolute atomic E-state index is 4.93. The summed E-state index contributed by atoms with van der Waals surface area (Å²) >= 11 is 1.92. The van der Waals surface area contributed by atoms with Crippen molar-refractivity contribution >= 4 is 11.3 Å². The van der Waals surface area contributed by atoms with E-state index in [1.54, 1.807) is 0 Å². The zero-order valence-electron chi connectivity index (χ0n) is 9.96. The highest BCUT2D eigenvalue weighted by Crippen LogP contribution is 2.38. The maximum Gasteiger partial charge on any atom is 0.110 e. The van der Waals surface area contributed by atoms with Gasteiger partial charge in [-0.2, -0.15) is 0 Å². The van der Waals surface area contributed by atoms with Crippen molar-refractivity contribution in [1.82, 2.24) is 10.3 Å². The van der Waals surface area contributed by atoms with E-state index in [1.807, 2.05) is 11.3 Å². The lowest BCUT2D eigenvalue weighted by atomic mass is 10.0. The summed E-state index contributed by atoms with van der Waals surface area (Å²) in [6.07, 6.45) is 8.11. The third-order valence-electron chi connectivity index (χ3n) is 3.95. The molecule has 2 heterocycles. The molecule has 2 aliphatic rings. The highest BCUT2D eigenvalue weighted by Gasteiger charge is 2.25. The topological polar surface area (TPSA) is 24.9 Å². The smallest absolute Gasteiger partial charge is 0.110 e. The highest BCUT2D eigenvalue weighted by molar-refractivity contribution is 7.11. The van der Waals surface area contributed by atoms with E-state index in [1.165, 1.54) is 60.6 Å². The van der Waals surface area contributed by atoms with Gasteiger partial charge < -0.3 is 5.32 Å². The second kappa shape index (κ2) is 4.46. The van der Waals surface area contributed by atoms with Gasteiger partial charge in [0, 0.05) is 10.8 Å². The van der Waals surface area contributed by atoms with Gasteiger partial charge in [-0.3, -0.25) is 0 Å². The Balaban J connectivity index is 1.83. The van der Waals surface area contributed by atoms with Gasteiger partial charge in [0.1, 0.15) is 5.01 Å². The van der Waals surface area contributed by atoms with Crippen LogP contribution in [0.25, 0.3) is 0 Å². The molecule has 1 aliphatic heterocycles. The summed E-state index contributed by atoms with van der Waals surface area (Å²) in [5.74, 6) is 0.770. The average molecular weight is 236 g/mol. The van der Waals surface area contributed by atoms with E-state index in [4.69, 9.17) is 4.98 Å². The van der Waals surface area contributed by atoms with Gasteiger partial charge in [0.05, 0.1) is 11.7 Å². The Hall–Kier alpha value is -0.410. The van der Waals surface area contributed by atoms with Crippen LogP contribution in [0, 0.1) is 6.92 Å². The lowest BCUT2D eigenvalue weighted by Crippen LogP contribution is -2.12. The summed E-state index contributed by atoms with van der Waals surface area (Å²) in [6.45, 7) is 3.42. The third-order valence-corrected chi connectivity index (χ3v) is 5.05. The minimum absolute atomic E-state index is 0.554. The third kappa shape index (κ3) is 1.91. The van der Waals surface area contributed by atoms with Crippen LogP contribution in [0.3, 0.4) is 0 Å². The number of rotatable bonds is 2. The zero-order chi connectivity index (χ0) is 11.0. The number of aryl methyl sites for hydroxylation is 1. The van der Waals surface area contributed by atoms with Crippen LogP contribution in [0.5, 0.6) is 0 Å². The van der Waals surface area contributed by atoms with E-state index in [9.17, 15) is 0 Å². The molecule has 1 N–H and O–H groups in total. The molecular formula is C13H20N2S. The normalized spacial score (nSPS) is 26.7. The summed E-state index contributed by atoms with van der Waals surface area (Å²) in [5, 5.41) is 4.90. The fourth-order valence-electron chi connectivity index (χ4n) is 3.05. The van der Waals surface area contributed by atoms with Gasteiger partial charge in [0.15, 0.2) is 0 Å². The summed E-state index contributed by atoms with van der Waals surface area (Å²) < 4.78 is 0. The summed E-state index contributed by atoms with van der Waals surface area (Å²) in [6, 6.07) is 0.554. The molecule has 1 unspecified atom stereocenters. The van der Waals surface area contributed by atoms with Gasteiger partial charge in [-0.1, -0.05) is 12.8 Å². The van der Waals surface area contributed by atoms with Gasteiger partial charge in [-0.15, -0.1) is 11.3 Å². The molecule has 88 valence electrons. The number of hydrogen-bond acceptors (Lipinski definition) is 3. The molecule has 0 bridgehead atoms. The van der Waals surface area contributed by atoms with Crippen molar-refractivity contribution in [3.05, 3.63) is 15.6 Å². The molecule has 0 aromatic carbocycles. The maximum atomic E-state index is 4.93. The average Bonchev–Trinajstić information content (AvgIpc) is 2.97. The standard InChI is InChI=1S/C13H20N2S/c1-9-12(10-5-2-3-6-10)15-13(16-9)11-7-4-8-14-11/h10-11,14H,2-8H2,1H3. The molecule has 0 amide bonds. The van der Waals surface area contributed by atoms with Gasteiger partial charge in [-0.25, -0.2) is 4.98 Å². The zero-order valence-corrected chi connectivity index (χ0v) is 10.8. The summed E-state index contributed by atoms with van der Waals surface area (Å²) in [7, 11) is 0. The van der Waals surface area contributed by atoms with Crippen LogP contribution < -0.4 is 5.32 Å². The van der Waals surface area contributed by atoms with Crippen LogP contribution in [-0.2, 0) is 0 Å². The molecule has 1 aromatic heterocycles. The van der Waals surface area contributed by atoms with Crippen molar-refractivity contribution in [2.75, 3.05) is 6.54 Å². The molecule has 2 fully saturated rings. The Morgan fingerprint density at radius 2 is 2.00 bits per heavy atom. The van der Waals surface area contributed by atoms with Crippen LogP contribution in [0.4, 0.5) is 0 Å². The molecule has 1 saturated carbocycles. The van der Waals surface area contributed by atoms with Crippen LogP contribution >= 0.6 is 11.3 Å². The van der Waals surface area contributed by atoms with Crippen molar-refractivity contribution in [3.63, 3.8) is 0 Å². The monoisotopic (exact) mass is 236 g/mol. The van der Waals surface area contributed by atoms with E-state index >= 15 is 0 Å². The second-order valence-electron chi connectivity index (χ2n) is 5.12. The first-order valence-corrected chi connectivity index (χ1v) is 7.37. The summed E-state index contributed by atoms with van der Waals surface area (Å²) in [5.41, 5.74) is 1.42. The minimum Gasteiger partial charge on any atom is -0.308 e. The number of nitrogens with one attached hydrogen (secondary N) is 1. The molecular weight excluding hydrogens is 216 g/mol. The molecule has 2 nitrogen and oxygen atoms in total. The van der Waals surface area contributed by atoms with Crippen molar-refractivity contribution < 1.29 is 0 Å².